The summed E-state index contributed by atoms with van der Waals surface area (Å²) in [4.78, 5) is 13.5. The quantitative estimate of drug-likeness (QED) is 0.239. The first-order valence-electron chi connectivity index (χ1n) is 25.1. The molecule has 67 heavy (non-hydrogen) atoms. The molecule has 27 atom stereocenters. The Kier molecular flexibility index (Phi) is 15.0. The van der Waals surface area contributed by atoms with Gasteiger partial charge in [-0.25, -0.2) is 0 Å². The smallest absolute Gasteiger partial charge is 0.172 e. The van der Waals surface area contributed by atoms with Crippen molar-refractivity contribution in [3.8, 4) is 0 Å². The topological polar surface area (TPSA) is 207 Å². The van der Waals surface area contributed by atoms with Gasteiger partial charge in [0.15, 0.2) is 36.7 Å². The minimum atomic E-state index is -0.992. The fraction of sp³-hybridized carbons (Fsp3) is 0.980. The van der Waals surface area contributed by atoms with Crippen molar-refractivity contribution in [2.24, 2.45) is 28.6 Å². The van der Waals surface area contributed by atoms with Gasteiger partial charge in [0.1, 0.15) is 30.5 Å². The van der Waals surface area contributed by atoms with Crippen molar-refractivity contribution in [1.82, 2.24) is 0 Å². The molecule has 0 radical (unpaired) electrons. The lowest BCUT2D eigenvalue weighted by molar-refractivity contribution is -0.349. The Bertz CT molecular complexity index is 1710. The van der Waals surface area contributed by atoms with E-state index in [2.05, 4.69) is 6.92 Å². The SMILES string of the molecule is CO[C@H]1C[C@H](O[C@@H]2[C@@H](C)O[C@@H](O[C@@H]3CC4CC[C@@]56OC(C)[C@H]7C[C@@H](O)C(=O)[C@]7(C)C(C[C@@H]5[C@@]4(C)C[C@H]3O)O6)C[C@H]2OC)O[C@H](C)[C@H]1O[C@H]1C[C@@H](OC)[C@H](O[C@H]2C[C@@H](OC)[C@H](O)[C@@H](C)O2)[C@@H](C)O1. The van der Waals surface area contributed by atoms with Crippen LogP contribution in [0.1, 0.15) is 113 Å². The first kappa shape index (κ1) is 50.9. The summed E-state index contributed by atoms with van der Waals surface area (Å²) in [6, 6.07) is 0. The third kappa shape index (κ3) is 9.14. The van der Waals surface area contributed by atoms with Crippen LogP contribution in [0.5, 0.6) is 0 Å². The van der Waals surface area contributed by atoms with E-state index in [1.807, 2.05) is 34.6 Å². The fourth-order valence-corrected chi connectivity index (χ4v) is 14.4. The Hall–Kier alpha value is -1.01. The molecule has 18 heteroatoms. The van der Waals surface area contributed by atoms with Crippen molar-refractivity contribution in [1.29, 1.82) is 0 Å². The van der Waals surface area contributed by atoms with Crippen LogP contribution in [0, 0.1) is 28.6 Å². The summed E-state index contributed by atoms with van der Waals surface area (Å²) >= 11 is 0. The average Bonchev–Trinajstić information content (AvgIpc) is 3.77. The van der Waals surface area contributed by atoms with Gasteiger partial charge in [-0.15, -0.1) is 0 Å². The van der Waals surface area contributed by atoms with Crippen LogP contribution in [0.4, 0.5) is 0 Å². The standard InChI is InChI=1S/C49H80O18/c1-22-28-15-29(50)46(53)48(28,7)37-20-36-47(6)21-30(51)31(14-27(47)12-13-49(36,66-22)67-37)62-38-17-33(55-9)43(24(3)59-38)64-40-19-35(57-11)45(26(5)61-40)65-41-18-34(56-10)44(25(4)60-41)63-39-16-32(54-8)42(52)23(2)58-39/h22-45,50-52H,12-21H2,1-11H3/t22?,23-,24-,25-,26-,27?,28-,29-,30-,31-,32-,33-,34-,35+,36-,37?,38+,39+,40+,41+,42-,43-,44-,45-,47+,48+,49+/m1/s1. The number of rotatable bonds is 12. The largest absolute Gasteiger partial charge is 0.390 e. The van der Waals surface area contributed by atoms with Crippen LogP contribution < -0.4 is 0 Å². The summed E-state index contributed by atoms with van der Waals surface area (Å²) < 4.78 is 88.8. The summed E-state index contributed by atoms with van der Waals surface area (Å²) in [6.45, 7) is 13.8. The summed E-state index contributed by atoms with van der Waals surface area (Å²) in [7, 11) is 6.52. The molecule has 9 aliphatic rings. The molecule has 384 valence electrons. The average molecular weight is 957 g/mol. The van der Waals surface area contributed by atoms with Gasteiger partial charge in [0.05, 0.1) is 78.7 Å². The lowest BCUT2D eigenvalue weighted by atomic mass is 9.51. The molecule has 6 aliphatic heterocycles. The number of methoxy groups -OCH3 is 4. The zero-order valence-electron chi connectivity index (χ0n) is 41.4. The molecular formula is C49H80O18. The fourth-order valence-electron chi connectivity index (χ4n) is 14.4. The third-order valence-corrected chi connectivity index (χ3v) is 18.2. The number of fused-ring (bicyclic) bond motifs is 5. The minimum absolute atomic E-state index is 0.00890. The first-order valence-corrected chi connectivity index (χ1v) is 25.1. The van der Waals surface area contributed by atoms with E-state index in [0.717, 1.165) is 6.42 Å². The van der Waals surface area contributed by atoms with Gasteiger partial charge >= 0.3 is 0 Å². The zero-order valence-corrected chi connectivity index (χ0v) is 41.4. The van der Waals surface area contributed by atoms with Crippen LogP contribution in [0.3, 0.4) is 0 Å². The van der Waals surface area contributed by atoms with Gasteiger partial charge in [0.25, 0.3) is 0 Å². The second-order valence-corrected chi connectivity index (χ2v) is 21.9. The second-order valence-electron chi connectivity index (χ2n) is 21.9. The van der Waals surface area contributed by atoms with Crippen LogP contribution in [0.15, 0.2) is 0 Å². The number of carbonyl (C=O) groups excluding carboxylic acids is 1. The highest BCUT2D eigenvalue weighted by atomic mass is 16.8. The van der Waals surface area contributed by atoms with Gasteiger partial charge in [-0.3, -0.25) is 4.79 Å². The van der Waals surface area contributed by atoms with Crippen LogP contribution in [-0.4, -0.2) is 184 Å². The zero-order chi connectivity index (χ0) is 47.9. The number of aliphatic hydroxyl groups excluding tert-OH is 3. The molecule has 18 nitrogen and oxygen atoms in total. The molecule has 6 heterocycles. The summed E-state index contributed by atoms with van der Waals surface area (Å²) in [5.74, 6) is -0.822. The molecule has 9 fully saturated rings. The molecule has 2 bridgehead atoms. The molecule has 0 aromatic rings. The van der Waals surface area contributed by atoms with E-state index in [1.165, 1.54) is 0 Å². The number of aliphatic hydroxyl groups is 3. The molecule has 3 N–H and O–H groups in total. The molecule has 0 aromatic heterocycles. The molecule has 6 saturated heterocycles. The van der Waals surface area contributed by atoms with Gasteiger partial charge < -0.3 is 81.6 Å². The maximum Gasteiger partial charge on any atom is 0.172 e. The van der Waals surface area contributed by atoms with Crippen LogP contribution >= 0.6 is 0 Å². The highest BCUT2D eigenvalue weighted by Crippen LogP contribution is 2.67. The number of ether oxygens (including phenoxy) is 14. The summed E-state index contributed by atoms with van der Waals surface area (Å²) in [5, 5.41) is 33.0. The number of Topliss-reactive ketones (excluding diaryl/α,β-unsaturated/α-hetero) is 1. The minimum Gasteiger partial charge on any atom is -0.390 e. The van der Waals surface area contributed by atoms with Crippen molar-refractivity contribution in [2.45, 2.75) is 247 Å². The van der Waals surface area contributed by atoms with Crippen LogP contribution in [-0.2, 0) is 71.1 Å². The summed E-state index contributed by atoms with van der Waals surface area (Å²) in [6.07, 6.45) is -5.27. The normalized spacial score (nSPS) is 55.6. The van der Waals surface area contributed by atoms with Gasteiger partial charge in [-0.1, -0.05) is 6.92 Å². The Morgan fingerprint density at radius 2 is 1.03 bits per heavy atom. The maximum absolute atomic E-state index is 13.5. The number of ketones is 1. The number of hydrogen-bond donors (Lipinski definition) is 3. The van der Waals surface area contributed by atoms with Gasteiger partial charge in [0, 0.05) is 72.4 Å². The Balaban J connectivity index is 0.776. The predicted octanol–water partition coefficient (Wildman–Crippen LogP) is 3.54. The first-order chi connectivity index (χ1) is 31.9. The van der Waals surface area contributed by atoms with Crippen molar-refractivity contribution >= 4 is 5.78 Å². The molecule has 0 amide bonds. The molecular weight excluding hydrogens is 877 g/mol. The molecule has 0 aromatic carbocycles. The van der Waals surface area contributed by atoms with Crippen molar-refractivity contribution in [2.75, 3.05) is 28.4 Å². The molecule has 3 aliphatic carbocycles. The van der Waals surface area contributed by atoms with Gasteiger partial charge in [-0.05, 0) is 85.0 Å². The van der Waals surface area contributed by atoms with E-state index < -0.39 is 110 Å². The Labute approximate surface area is 395 Å². The van der Waals surface area contributed by atoms with Crippen LogP contribution in [0.25, 0.3) is 0 Å². The summed E-state index contributed by atoms with van der Waals surface area (Å²) in [5.41, 5.74) is -1.11. The lowest BCUT2D eigenvalue weighted by Gasteiger charge is -2.58. The highest BCUT2D eigenvalue weighted by Gasteiger charge is 2.72. The Morgan fingerprint density at radius 3 is 1.54 bits per heavy atom. The van der Waals surface area contributed by atoms with Gasteiger partial charge in [-0.2, -0.15) is 0 Å². The van der Waals surface area contributed by atoms with E-state index in [1.54, 1.807) is 35.4 Å². The highest BCUT2D eigenvalue weighted by molar-refractivity contribution is 5.91. The van der Waals surface area contributed by atoms with Crippen molar-refractivity contribution in [3.63, 3.8) is 0 Å². The Morgan fingerprint density at radius 1 is 0.552 bits per heavy atom. The van der Waals surface area contributed by atoms with E-state index >= 15 is 0 Å². The molecule has 1 spiro atoms. The molecule has 9 rings (SSSR count). The molecule has 3 saturated carbocycles. The van der Waals surface area contributed by atoms with E-state index in [9.17, 15) is 20.1 Å². The van der Waals surface area contributed by atoms with E-state index in [4.69, 9.17) is 66.3 Å². The molecule has 3 unspecified atom stereocenters. The second kappa shape index (κ2) is 19.8. The number of carbonyl (C=O) groups is 1. The number of hydrogen-bond acceptors (Lipinski definition) is 18. The maximum atomic E-state index is 13.5. The van der Waals surface area contributed by atoms with Crippen LogP contribution in [0.2, 0.25) is 0 Å². The van der Waals surface area contributed by atoms with E-state index in [-0.39, 0.29) is 59.5 Å². The third-order valence-electron chi connectivity index (χ3n) is 18.2. The van der Waals surface area contributed by atoms with Crippen molar-refractivity contribution in [3.05, 3.63) is 0 Å². The van der Waals surface area contributed by atoms with E-state index in [0.29, 0.717) is 57.8 Å². The van der Waals surface area contributed by atoms with Gasteiger partial charge in [0.2, 0.25) is 0 Å². The lowest BCUT2D eigenvalue weighted by Crippen LogP contribution is -2.60. The monoisotopic (exact) mass is 957 g/mol. The predicted molar refractivity (Wildman–Crippen MR) is 234 cm³/mol. The van der Waals surface area contributed by atoms with Crippen molar-refractivity contribution < 1.29 is 86.4 Å².